The topological polar surface area (TPSA) is 43.8 Å². The number of hydrogen-bond acceptors (Lipinski definition) is 2. The fourth-order valence-corrected chi connectivity index (χ4v) is 1.68. The predicted octanol–water partition coefficient (Wildman–Crippen LogP) is 2.23. The van der Waals surface area contributed by atoms with Crippen molar-refractivity contribution in [1.29, 1.82) is 0 Å². The van der Waals surface area contributed by atoms with E-state index in [0.29, 0.717) is 11.3 Å². The molecule has 2 rings (SSSR count). The van der Waals surface area contributed by atoms with Crippen LogP contribution in [0.3, 0.4) is 0 Å². The number of halogens is 2. The van der Waals surface area contributed by atoms with E-state index in [0.717, 1.165) is 4.47 Å². The maximum atomic E-state index is 13.4. The molecule has 1 aromatic carbocycles. The lowest BCUT2D eigenvalue weighted by atomic mass is 10.1. The van der Waals surface area contributed by atoms with Gasteiger partial charge >= 0.3 is 0 Å². The van der Waals surface area contributed by atoms with E-state index < -0.39 is 0 Å². The minimum atomic E-state index is -0.304. The average molecular weight is 270 g/mol. The van der Waals surface area contributed by atoms with Gasteiger partial charge in [0.05, 0.1) is 16.4 Å². The second-order valence-corrected chi connectivity index (χ2v) is 3.96. The molecular formula is C10H9BrFN3. The minimum absolute atomic E-state index is 0.152. The van der Waals surface area contributed by atoms with Crippen molar-refractivity contribution in [2.24, 2.45) is 5.73 Å². The van der Waals surface area contributed by atoms with E-state index in [1.54, 1.807) is 29.2 Å². The van der Waals surface area contributed by atoms with Gasteiger partial charge in [0.1, 0.15) is 5.82 Å². The van der Waals surface area contributed by atoms with Gasteiger partial charge in [-0.3, -0.25) is 0 Å². The largest absolute Gasteiger partial charge is 0.326 e. The summed E-state index contributed by atoms with van der Waals surface area (Å²) in [7, 11) is 0. The van der Waals surface area contributed by atoms with Crippen LogP contribution in [0.5, 0.6) is 0 Å². The van der Waals surface area contributed by atoms with E-state index in [1.807, 2.05) is 0 Å². The highest BCUT2D eigenvalue weighted by Gasteiger charge is 2.08. The van der Waals surface area contributed by atoms with Gasteiger partial charge in [0.15, 0.2) is 0 Å². The molecule has 0 aliphatic heterocycles. The number of nitrogens with zero attached hydrogens (tertiary/aromatic N) is 2. The van der Waals surface area contributed by atoms with Crippen molar-refractivity contribution < 1.29 is 4.39 Å². The molecule has 1 heterocycles. The monoisotopic (exact) mass is 269 g/mol. The Morgan fingerprint density at radius 1 is 1.47 bits per heavy atom. The Morgan fingerprint density at radius 2 is 2.27 bits per heavy atom. The SMILES string of the molecule is NCc1c(F)cccc1-n1cc(Br)cn1. The van der Waals surface area contributed by atoms with Crippen LogP contribution in [-0.2, 0) is 6.54 Å². The maximum absolute atomic E-state index is 13.4. The Hall–Kier alpha value is -1.20. The Balaban J connectivity index is 2.57. The molecule has 15 heavy (non-hydrogen) atoms. The second-order valence-electron chi connectivity index (χ2n) is 3.04. The summed E-state index contributed by atoms with van der Waals surface area (Å²) >= 11 is 3.29. The number of hydrogen-bond donors (Lipinski definition) is 1. The van der Waals surface area contributed by atoms with Crippen LogP contribution in [0.25, 0.3) is 5.69 Å². The first-order valence-electron chi connectivity index (χ1n) is 4.40. The van der Waals surface area contributed by atoms with E-state index in [2.05, 4.69) is 21.0 Å². The molecular weight excluding hydrogens is 261 g/mol. The lowest BCUT2D eigenvalue weighted by Crippen LogP contribution is -2.07. The highest BCUT2D eigenvalue weighted by atomic mass is 79.9. The molecule has 0 unspecified atom stereocenters. The molecule has 1 aromatic heterocycles. The number of rotatable bonds is 2. The van der Waals surface area contributed by atoms with Crippen LogP contribution >= 0.6 is 15.9 Å². The van der Waals surface area contributed by atoms with Crippen molar-refractivity contribution >= 4 is 15.9 Å². The fourth-order valence-electron chi connectivity index (χ4n) is 1.40. The van der Waals surface area contributed by atoms with Crippen LogP contribution in [0.1, 0.15) is 5.56 Å². The summed E-state index contributed by atoms with van der Waals surface area (Å²) in [6.45, 7) is 0.152. The Kier molecular flexibility index (Phi) is 2.83. The predicted molar refractivity (Wildman–Crippen MR) is 59.1 cm³/mol. The minimum Gasteiger partial charge on any atom is -0.326 e. The molecule has 0 spiro atoms. The summed E-state index contributed by atoms with van der Waals surface area (Å²) in [5.74, 6) is -0.304. The molecule has 3 nitrogen and oxygen atoms in total. The van der Waals surface area contributed by atoms with Crippen LogP contribution in [0.2, 0.25) is 0 Å². The van der Waals surface area contributed by atoms with E-state index in [1.165, 1.54) is 6.07 Å². The number of nitrogens with two attached hydrogens (primary N) is 1. The normalized spacial score (nSPS) is 10.6. The first-order valence-corrected chi connectivity index (χ1v) is 5.19. The fraction of sp³-hybridized carbons (Fsp3) is 0.100. The van der Waals surface area contributed by atoms with E-state index in [4.69, 9.17) is 5.73 Å². The maximum Gasteiger partial charge on any atom is 0.129 e. The zero-order chi connectivity index (χ0) is 10.8. The van der Waals surface area contributed by atoms with Gasteiger partial charge in [0, 0.05) is 18.3 Å². The zero-order valence-electron chi connectivity index (χ0n) is 7.82. The Morgan fingerprint density at radius 3 is 2.87 bits per heavy atom. The molecule has 0 aliphatic rings. The Bertz CT molecular complexity index is 481. The summed E-state index contributed by atoms with van der Waals surface area (Å²) in [4.78, 5) is 0. The third-order valence-electron chi connectivity index (χ3n) is 2.10. The number of benzene rings is 1. The van der Waals surface area contributed by atoms with Gasteiger partial charge in [-0.05, 0) is 28.1 Å². The molecule has 0 amide bonds. The van der Waals surface area contributed by atoms with Gasteiger partial charge < -0.3 is 5.73 Å². The highest BCUT2D eigenvalue weighted by Crippen LogP contribution is 2.18. The Labute approximate surface area is 94.8 Å². The summed E-state index contributed by atoms with van der Waals surface area (Å²) in [5, 5.41) is 4.08. The van der Waals surface area contributed by atoms with E-state index >= 15 is 0 Å². The molecule has 0 fully saturated rings. The molecule has 0 atom stereocenters. The van der Waals surface area contributed by atoms with Crippen molar-refractivity contribution in [3.05, 3.63) is 46.4 Å². The lowest BCUT2D eigenvalue weighted by Gasteiger charge is -2.08. The molecule has 0 aliphatic carbocycles. The molecule has 0 saturated heterocycles. The summed E-state index contributed by atoms with van der Waals surface area (Å²) in [5.41, 5.74) is 6.64. The van der Waals surface area contributed by atoms with Gasteiger partial charge in [-0.25, -0.2) is 9.07 Å². The molecule has 0 saturated carbocycles. The van der Waals surface area contributed by atoms with Crippen LogP contribution in [0, 0.1) is 5.82 Å². The summed E-state index contributed by atoms with van der Waals surface area (Å²) in [6, 6.07) is 4.81. The van der Waals surface area contributed by atoms with Crippen molar-refractivity contribution in [3.8, 4) is 5.69 Å². The molecule has 78 valence electrons. The van der Waals surface area contributed by atoms with Gasteiger partial charge in [0.25, 0.3) is 0 Å². The molecule has 5 heteroatoms. The van der Waals surface area contributed by atoms with Crippen LogP contribution in [0.15, 0.2) is 35.1 Å². The van der Waals surface area contributed by atoms with Crippen molar-refractivity contribution in [2.75, 3.05) is 0 Å². The number of aromatic nitrogens is 2. The van der Waals surface area contributed by atoms with Crippen LogP contribution in [0.4, 0.5) is 4.39 Å². The zero-order valence-corrected chi connectivity index (χ0v) is 9.41. The summed E-state index contributed by atoms with van der Waals surface area (Å²) < 4.78 is 15.8. The van der Waals surface area contributed by atoms with Gasteiger partial charge in [0.2, 0.25) is 0 Å². The second kappa shape index (κ2) is 4.12. The first kappa shape index (κ1) is 10.3. The third-order valence-corrected chi connectivity index (χ3v) is 2.51. The van der Waals surface area contributed by atoms with Crippen molar-refractivity contribution in [3.63, 3.8) is 0 Å². The van der Waals surface area contributed by atoms with Crippen molar-refractivity contribution in [2.45, 2.75) is 6.54 Å². The van der Waals surface area contributed by atoms with Gasteiger partial charge in [-0.1, -0.05) is 6.07 Å². The standard InChI is InChI=1S/C10H9BrFN3/c11-7-5-14-15(6-7)10-3-1-2-9(12)8(10)4-13/h1-3,5-6H,4,13H2. The van der Waals surface area contributed by atoms with E-state index in [9.17, 15) is 4.39 Å². The van der Waals surface area contributed by atoms with Gasteiger partial charge in [-0.2, -0.15) is 5.10 Å². The smallest absolute Gasteiger partial charge is 0.129 e. The molecule has 0 bridgehead atoms. The first-order chi connectivity index (χ1) is 7.22. The average Bonchev–Trinajstić information content (AvgIpc) is 2.64. The highest BCUT2D eigenvalue weighted by molar-refractivity contribution is 9.10. The van der Waals surface area contributed by atoms with Crippen molar-refractivity contribution in [1.82, 2.24) is 9.78 Å². The summed E-state index contributed by atoms with van der Waals surface area (Å²) in [6.07, 6.45) is 3.40. The van der Waals surface area contributed by atoms with Crippen LogP contribution < -0.4 is 5.73 Å². The van der Waals surface area contributed by atoms with Crippen LogP contribution in [-0.4, -0.2) is 9.78 Å². The van der Waals surface area contributed by atoms with Gasteiger partial charge in [-0.15, -0.1) is 0 Å². The molecule has 2 N–H and O–H groups in total. The lowest BCUT2D eigenvalue weighted by molar-refractivity contribution is 0.607. The quantitative estimate of drug-likeness (QED) is 0.909. The third kappa shape index (κ3) is 1.93. The molecule has 0 radical (unpaired) electrons. The molecule has 2 aromatic rings. The van der Waals surface area contributed by atoms with E-state index in [-0.39, 0.29) is 12.4 Å².